The predicted molar refractivity (Wildman–Crippen MR) is 103 cm³/mol. The molecule has 148 valence electrons. The second kappa shape index (κ2) is 9.71. The van der Waals surface area contributed by atoms with Crippen LogP contribution in [0.15, 0.2) is 24.3 Å². The number of hydrogen-bond donors (Lipinski definition) is 2. The minimum atomic E-state index is -0.157. The van der Waals surface area contributed by atoms with Crippen molar-refractivity contribution in [2.24, 2.45) is 0 Å². The number of amides is 3. The molecule has 0 saturated carbocycles. The number of ether oxygens (including phenoxy) is 1. The average Bonchev–Trinajstić information content (AvgIpc) is 3.10. The highest BCUT2D eigenvalue weighted by molar-refractivity contribution is 5.78. The Balaban J connectivity index is 1.40. The number of rotatable bonds is 7. The van der Waals surface area contributed by atoms with E-state index in [1.165, 1.54) is 0 Å². The summed E-state index contributed by atoms with van der Waals surface area (Å²) in [5.74, 6) is 0.229. The summed E-state index contributed by atoms with van der Waals surface area (Å²) in [6, 6.07) is 8.19. The summed E-state index contributed by atoms with van der Waals surface area (Å²) in [5.41, 5.74) is 2.14. The molecule has 3 amide bonds. The molecule has 0 spiro atoms. The molecule has 0 radical (unpaired) electrons. The van der Waals surface area contributed by atoms with Crippen LogP contribution < -0.4 is 10.6 Å². The number of benzene rings is 1. The van der Waals surface area contributed by atoms with E-state index in [-0.39, 0.29) is 11.9 Å². The van der Waals surface area contributed by atoms with Gasteiger partial charge in [-0.15, -0.1) is 0 Å². The van der Waals surface area contributed by atoms with Gasteiger partial charge in [0, 0.05) is 51.7 Å². The summed E-state index contributed by atoms with van der Waals surface area (Å²) in [5, 5.41) is 5.86. The Morgan fingerprint density at radius 1 is 1.19 bits per heavy atom. The molecule has 1 unspecified atom stereocenters. The third-order valence-electron chi connectivity index (χ3n) is 5.22. The lowest BCUT2D eigenvalue weighted by Gasteiger charge is -2.32. The zero-order chi connectivity index (χ0) is 19.1. The summed E-state index contributed by atoms with van der Waals surface area (Å²) in [6.45, 7) is 8.04. The third-order valence-corrected chi connectivity index (χ3v) is 5.22. The monoisotopic (exact) mass is 374 g/mol. The number of urea groups is 1. The van der Waals surface area contributed by atoms with Crippen molar-refractivity contribution in [2.45, 2.75) is 38.9 Å². The fourth-order valence-corrected chi connectivity index (χ4v) is 3.56. The van der Waals surface area contributed by atoms with Crippen LogP contribution in [0.4, 0.5) is 4.79 Å². The highest BCUT2D eigenvalue weighted by Crippen LogP contribution is 2.15. The molecule has 2 N–H and O–H groups in total. The van der Waals surface area contributed by atoms with Gasteiger partial charge in [0.15, 0.2) is 0 Å². The molecule has 27 heavy (non-hydrogen) atoms. The van der Waals surface area contributed by atoms with E-state index in [1.807, 2.05) is 23.1 Å². The topological polar surface area (TPSA) is 73.9 Å². The molecule has 2 fully saturated rings. The van der Waals surface area contributed by atoms with Gasteiger partial charge in [-0.1, -0.05) is 24.3 Å². The molecule has 7 nitrogen and oxygen atoms in total. The quantitative estimate of drug-likeness (QED) is 0.755. The Hall–Kier alpha value is -2.12. The molecule has 2 aliphatic heterocycles. The average molecular weight is 374 g/mol. The molecule has 3 rings (SSSR count). The zero-order valence-electron chi connectivity index (χ0n) is 16.1. The standard InChI is InChI=1S/C20H30N4O3/c1-16(23-8-10-27-11-9-23)13-21-20(26)22-14-17-4-2-5-18(12-17)15-24-7-3-6-19(24)25/h2,4-5,12,16H,3,6-11,13-15H2,1H3,(H2,21,22,26). The Morgan fingerprint density at radius 2 is 1.96 bits per heavy atom. The molecular weight excluding hydrogens is 344 g/mol. The van der Waals surface area contributed by atoms with Crippen molar-refractivity contribution in [3.63, 3.8) is 0 Å². The largest absolute Gasteiger partial charge is 0.379 e. The SMILES string of the molecule is CC(CNC(=O)NCc1cccc(CN2CCCC2=O)c1)N1CCOCC1. The first-order valence-electron chi connectivity index (χ1n) is 9.81. The van der Waals surface area contributed by atoms with Gasteiger partial charge in [0.25, 0.3) is 0 Å². The van der Waals surface area contributed by atoms with Crippen molar-refractivity contribution in [1.29, 1.82) is 0 Å². The minimum Gasteiger partial charge on any atom is -0.379 e. The molecule has 1 aromatic carbocycles. The van der Waals surface area contributed by atoms with Crippen LogP contribution in [0, 0.1) is 0 Å². The fourth-order valence-electron chi connectivity index (χ4n) is 3.56. The van der Waals surface area contributed by atoms with Crippen molar-refractivity contribution in [1.82, 2.24) is 20.4 Å². The van der Waals surface area contributed by atoms with Crippen LogP contribution in [0.2, 0.25) is 0 Å². The Morgan fingerprint density at radius 3 is 2.70 bits per heavy atom. The van der Waals surface area contributed by atoms with E-state index in [1.54, 1.807) is 0 Å². The van der Waals surface area contributed by atoms with Gasteiger partial charge in [-0.25, -0.2) is 4.79 Å². The van der Waals surface area contributed by atoms with E-state index in [0.717, 1.165) is 50.4 Å². The number of nitrogens with one attached hydrogen (secondary N) is 2. The summed E-state index contributed by atoms with van der Waals surface area (Å²) >= 11 is 0. The summed E-state index contributed by atoms with van der Waals surface area (Å²) < 4.78 is 5.36. The second-order valence-corrected chi connectivity index (χ2v) is 7.30. The van der Waals surface area contributed by atoms with Gasteiger partial charge in [-0.05, 0) is 24.5 Å². The van der Waals surface area contributed by atoms with Crippen LogP contribution in [0.5, 0.6) is 0 Å². The van der Waals surface area contributed by atoms with Crippen molar-refractivity contribution in [2.75, 3.05) is 39.4 Å². The highest BCUT2D eigenvalue weighted by atomic mass is 16.5. The van der Waals surface area contributed by atoms with Crippen LogP contribution in [0.1, 0.15) is 30.9 Å². The fraction of sp³-hybridized carbons (Fsp3) is 0.600. The van der Waals surface area contributed by atoms with Crippen molar-refractivity contribution in [3.8, 4) is 0 Å². The molecule has 1 aromatic rings. The van der Waals surface area contributed by atoms with Gasteiger partial charge in [-0.3, -0.25) is 9.69 Å². The summed E-state index contributed by atoms with van der Waals surface area (Å²) in [7, 11) is 0. The van der Waals surface area contributed by atoms with E-state index in [0.29, 0.717) is 32.1 Å². The lowest BCUT2D eigenvalue weighted by Crippen LogP contribution is -2.48. The lowest BCUT2D eigenvalue weighted by molar-refractivity contribution is -0.128. The normalized spacial score (nSPS) is 19.1. The molecular formula is C20H30N4O3. The van der Waals surface area contributed by atoms with Gasteiger partial charge in [0.05, 0.1) is 13.2 Å². The number of morpholine rings is 1. The molecule has 0 aliphatic carbocycles. The van der Waals surface area contributed by atoms with Gasteiger partial charge in [0.2, 0.25) is 5.91 Å². The smallest absolute Gasteiger partial charge is 0.315 e. The first kappa shape index (κ1) is 19.6. The molecule has 2 heterocycles. The van der Waals surface area contributed by atoms with E-state index in [9.17, 15) is 9.59 Å². The van der Waals surface area contributed by atoms with Crippen molar-refractivity contribution < 1.29 is 14.3 Å². The van der Waals surface area contributed by atoms with Gasteiger partial charge < -0.3 is 20.3 Å². The minimum absolute atomic E-state index is 0.157. The van der Waals surface area contributed by atoms with Gasteiger partial charge >= 0.3 is 6.03 Å². The van der Waals surface area contributed by atoms with E-state index >= 15 is 0 Å². The van der Waals surface area contributed by atoms with Crippen LogP contribution >= 0.6 is 0 Å². The number of carbonyl (C=O) groups excluding carboxylic acids is 2. The zero-order valence-corrected chi connectivity index (χ0v) is 16.1. The van der Waals surface area contributed by atoms with Gasteiger partial charge in [-0.2, -0.15) is 0 Å². The highest BCUT2D eigenvalue weighted by Gasteiger charge is 2.20. The predicted octanol–water partition coefficient (Wildman–Crippen LogP) is 1.33. The third kappa shape index (κ3) is 5.94. The second-order valence-electron chi connectivity index (χ2n) is 7.30. The van der Waals surface area contributed by atoms with Crippen LogP contribution in [0.3, 0.4) is 0 Å². The van der Waals surface area contributed by atoms with Crippen LogP contribution in [-0.2, 0) is 22.6 Å². The molecule has 2 saturated heterocycles. The molecule has 0 aromatic heterocycles. The Bertz CT molecular complexity index is 646. The Labute approximate surface area is 161 Å². The molecule has 7 heteroatoms. The molecule has 0 bridgehead atoms. The van der Waals surface area contributed by atoms with E-state index < -0.39 is 0 Å². The maximum absolute atomic E-state index is 12.1. The van der Waals surface area contributed by atoms with Crippen LogP contribution in [-0.4, -0.2) is 67.2 Å². The first-order chi connectivity index (χ1) is 13.1. The number of likely N-dealkylation sites (tertiary alicyclic amines) is 1. The number of hydrogen-bond acceptors (Lipinski definition) is 4. The first-order valence-corrected chi connectivity index (χ1v) is 9.81. The van der Waals surface area contributed by atoms with Gasteiger partial charge in [0.1, 0.15) is 0 Å². The number of carbonyl (C=O) groups is 2. The van der Waals surface area contributed by atoms with Crippen molar-refractivity contribution >= 4 is 11.9 Å². The Kier molecular flexibility index (Phi) is 7.06. The lowest BCUT2D eigenvalue weighted by atomic mass is 10.1. The van der Waals surface area contributed by atoms with E-state index in [2.05, 4.69) is 28.5 Å². The molecule has 1 atom stereocenters. The molecule has 2 aliphatic rings. The number of nitrogens with zero attached hydrogens (tertiary/aromatic N) is 2. The van der Waals surface area contributed by atoms with Crippen LogP contribution in [0.25, 0.3) is 0 Å². The maximum Gasteiger partial charge on any atom is 0.315 e. The van der Waals surface area contributed by atoms with Crippen molar-refractivity contribution in [3.05, 3.63) is 35.4 Å². The van der Waals surface area contributed by atoms with E-state index in [4.69, 9.17) is 4.74 Å². The summed E-state index contributed by atoms with van der Waals surface area (Å²) in [6.07, 6.45) is 1.60. The maximum atomic E-state index is 12.1. The summed E-state index contributed by atoms with van der Waals surface area (Å²) in [4.78, 5) is 28.1.